The maximum atomic E-state index is 11.5. The van der Waals surface area contributed by atoms with Crippen molar-refractivity contribution in [1.82, 2.24) is 10.0 Å². The largest absolute Gasteiger partial charge is 0.377 e. The fraction of sp³-hybridized carbons (Fsp3) is 1.00. The van der Waals surface area contributed by atoms with Crippen molar-refractivity contribution in [1.29, 1.82) is 0 Å². The first-order valence-corrected chi connectivity index (χ1v) is 8.36. The van der Waals surface area contributed by atoms with Crippen LogP contribution in [0.25, 0.3) is 0 Å². The molecule has 1 saturated heterocycles. The summed E-state index contributed by atoms with van der Waals surface area (Å²) in [6.45, 7) is 7.97. The molecule has 3 atom stereocenters. The minimum Gasteiger partial charge on any atom is -0.377 e. The third-order valence-corrected chi connectivity index (χ3v) is 5.67. The van der Waals surface area contributed by atoms with Crippen LogP contribution in [0.1, 0.15) is 27.2 Å². The first-order valence-electron chi connectivity index (χ1n) is 6.71. The highest BCUT2D eigenvalue weighted by molar-refractivity contribution is 7.89. The fourth-order valence-corrected chi connectivity index (χ4v) is 4.35. The summed E-state index contributed by atoms with van der Waals surface area (Å²) < 4.78 is 31.3. The van der Waals surface area contributed by atoms with Crippen molar-refractivity contribution in [3.05, 3.63) is 0 Å². The molecule has 0 aromatic rings. The van der Waals surface area contributed by atoms with E-state index in [1.54, 1.807) is 6.92 Å². The molecule has 5 nitrogen and oxygen atoms in total. The molecule has 0 spiro atoms. The van der Waals surface area contributed by atoms with Gasteiger partial charge in [-0.1, -0.05) is 20.8 Å². The zero-order valence-electron chi connectivity index (χ0n) is 11.4. The molecule has 1 saturated carbocycles. The van der Waals surface area contributed by atoms with Gasteiger partial charge >= 0.3 is 0 Å². The second-order valence-electron chi connectivity index (χ2n) is 5.81. The van der Waals surface area contributed by atoms with E-state index >= 15 is 0 Å². The number of nitrogens with one attached hydrogen (secondary N) is 2. The highest BCUT2D eigenvalue weighted by atomic mass is 32.2. The van der Waals surface area contributed by atoms with Crippen LogP contribution >= 0.6 is 0 Å². The van der Waals surface area contributed by atoms with Gasteiger partial charge in [-0.05, 0) is 6.42 Å². The molecule has 0 aromatic carbocycles. The summed E-state index contributed by atoms with van der Waals surface area (Å²) in [5.74, 6) is 0.702. The van der Waals surface area contributed by atoms with Crippen molar-refractivity contribution in [3.8, 4) is 0 Å². The van der Waals surface area contributed by atoms with E-state index in [0.29, 0.717) is 31.2 Å². The third kappa shape index (κ3) is 2.57. The van der Waals surface area contributed by atoms with E-state index in [0.717, 1.165) is 13.0 Å². The predicted molar refractivity (Wildman–Crippen MR) is 70.9 cm³/mol. The average Bonchev–Trinajstić information content (AvgIpc) is 2.70. The molecule has 0 bridgehead atoms. The molecule has 0 aromatic heterocycles. The summed E-state index contributed by atoms with van der Waals surface area (Å²) in [6.07, 6.45) is 1.44. The standard InChI is InChI=1S/C12H24N2O3S/c1-4-14-18(15,16)8-6-13-10-9-5-7-17-11(9)12(10,2)3/h9-11,13-14H,4-8H2,1-3H3. The highest BCUT2D eigenvalue weighted by Gasteiger charge is 2.58. The summed E-state index contributed by atoms with van der Waals surface area (Å²) >= 11 is 0. The summed E-state index contributed by atoms with van der Waals surface area (Å²) in [7, 11) is -3.11. The van der Waals surface area contributed by atoms with Gasteiger partial charge in [0.2, 0.25) is 10.0 Å². The van der Waals surface area contributed by atoms with Crippen molar-refractivity contribution in [2.24, 2.45) is 11.3 Å². The zero-order chi connectivity index (χ0) is 13.4. The Bertz CT molecular complexity index is 394. The Morgan fingerprint density at radius 2 is 2.11 bits per heavy atom. The Morgan fingerprint density at radius 3 is 2.78 bits per heavy atom. The Kier molecular flexibility index (Phi) is 4.02. The molecule has 0 amide bonds. The smallest absolute Gasteiger partial charge is 0.212 e. The first kappa shape index (κ1) is 14.2. The Labute approximate surface area is 110 Å². The van der Waals surface area contributed by atoms with Crippen LogP contribution in [0.5, 0.6) is 0 Å². The van der Waals surface area contributed by atoms with Gasteiger partial charge in [-0.2, -0.15) is 0 Å². The van der Waals surface area contributed by atoms with Crippen LogP contribution in [0.2, 0.25) is 0 Å². The molecule has 3 unspecified atom stereocenters. The molecular weight excluding hydrogens is 252 g/mol. The summed E-state index contributed by atoms with van der Waals surface area (Å²) in [4.78, 5) is 0. The average molecular weight is 276 g/mol. The van der Waals surface area contributed by atoms with Crippen LogP contribution in [0, 0.1) is 11.3 Å². The Morgan fingerprint density at radius 1 is 1.39 bits per heavy atom. The second kappa shape index (κ2) is 5.07. The predicted octanol–water partition coefficient (Wildman–Crippen LogP) is 0.329. The van der Waals surface area contributed by atoms with E-state index in [-0.39, 0.29) is 11.2 Å². The van der Waals surface area contributed by atoms with Crippen LogP contribution in [-0.2, 0) is 14.8 Å². The molecule has 1 aliphatic heterocycles. The minimum atomic E-state index is -3.11. The molecular formula is C12H24N2O3S. The lowest BCUT2D eigenvalue weighted by atomic mass is 9.57. The van der Waals surface area contributed by atoms with Gasteiger partial charge in [-0.25, -0.2) is 13.1 Å². The van der Waals surface area contributed by atoms with Gasteiger partial charge < -0.3 is 10.1 Å². The van der Waals surface area contributed by atoms with E-state index in [9.17, 15) is 8.42 Å². The van der Waals surface area contributed by atoms with Gasteiger partial charge in [0.1, 0.15) is 0 Å². The fourth-order valence-electron chi connectivity index (χ4n) is 3.38. The normalized spacial score (nSPS) is 34.1. The number of hydrogen-bond donors (Lipinski definition) is 2. The van der Waals surface area contributed by atoms with Gasteiger partial charge in [0, 0.05) is 37.1 Å². The lowest BCUT2D eigenvalue weighted by Gasteiger charge is -2.55. The van der Waals surface area contributed by atoms with Crippen LogP contribution in [0.15, 0.2) is 0 Å². The number of fused-ring (bicyclic) bond motifs is 1. The second-order valence-corrected chi connectivity index (χ2v) is 7.74. The van der Waals surface area contributed by atoms with Crippen molar-refractivity contribution >= 4 is 10.0 Å². The molecule has 2 aliphatic rings. The number of ether oxygens (including phenoxy) is 1. The summed E-state index contributed by atoms with van der Waals surface area (Å²) in [5.41, 5.74) is 0.114. The number of hydrogen-bond acceptors (Lipinski definition) is 4. The van der Waals surface area contributed by atoms with Gasteiger partial charge in [-0.3, -0.25) is 0 Å². The molecule has 2 N–H and O–H groups in total. The Hall–Kier alpha value is -0.170. The van der Waals surface area contributed by atoms with E-state index in [1.165, 1.54) is 0 Å². The summed E-state index contributed by atoms with van der Waals surface area (Å²) in [6, 6.07) is 0.377. The van der Waals surface area contributed by atoms with Gasteiger partial charge in [0.25, 0.3) is 0 Å². The lowest BCUT2D eigenvalue weighted by Crippen LogP contribution is -2.66. The van der Waals surface area contributed by atoms with Crippen molar-refractivity contribution in [2.45, 2.75) is 39.3 Å². The molecule has 1 heterocycles. The Balaban J connectivity index is 1.81. The summed E-state index contributed by atoms with van der Waals surface area (Å²) in [5, 5.41) is 3.40. The van der Waals surface area contributed by atoms with Crippen LogP contribution in [-0.4, -0.2) is 46.0 Å². The van der Waals surface area contributed by atoms with Crippen LogP contribution < -0.4 is 10.0 Å². The lowest BCUT2D eigenvalue weighted by molar-refractivity contribution is -0.111. The van der Waals surface area contributed by atoms with Gasteiger partial charge in [0.15, 0.2) is 0 Å². The maximum absolute atomic E-state index is 11.5. The quantitative estimate of drug-likeness (QED) is 0.733. The van der Waals surface area contributed by atoms with E-state index in [2.05, 4.69) is 23.9 Å². The molecule has 106 valence electrons. The van der Waals surface area contributed by atoms with Crippen molar-refractivity contribution < 1.29 is 13.2 Å². The molecule has 2 rings (SSSR count). The van der Waals surface area contributed by atoms with E-state index in [4.69, 9.17) is 4.74 Å². The van der Waals surface area contributed by atoms with Crippen LogP contribution in [0.3, 0.4) is 0 Å². The van der Waals surface area contributed by atoms with E-state index in [1.807, 2.05) is 0 Å². The van der Waals surface area contributed by atoms with Gasteiger partial charge in [-0.15, -0.1) is 0 Å². The molecule has 18 heavy (non-hydrogen) atoms. The topological polar surface area (TPSA) is 67.4 Å². The monoisotopic (exact) mass is 276 g/mol. The highest BCUT2D eigenvalue weighted by Crippen LogP contribution is 2.51. The first-order chi connectivity index (χ1) is 8.38. The molecule has 2 fully saturated rings. The maximum Gasteiger partial charge on any atom is 0.212 e. The molecule has 1 aliphatic carbocycles. The third-order valence-electron chi connectivity index (χ3n) is 4.20. The molecule has 6 heteroatoms. The van der Waals surface area contributed by atoms with E-state index < -0.39 is 10.0 Å². The SMILES string of the molecule is CCNS(=O)(=O)CCNC1C2CCOC2C1(C)C. The minimum absolute atomic E-state index is 0.114. The zero-order valence-corrected chi connectivity index (χ0v) is 12.2. The number of sulfonamides is 1. The number of rotatable bonds is 6. The van der Waals surface area contributed by atoms with Crippen molar-refractivity contribution in [3.63, 3.8) is 0 Å². The van der Waals surface area contributed by atoms with Crippen LogP contribution in [0.4, 0.5) is 0 Å². The van der Waals surface area contributed by atoms with Gasteiger partial charge in [0.05, 0.1) is 11.9 Å². The van der Waals surface area contributed by atoms with Crippen molar-refractivity contribution in [2.75, 3.05) is 25.4 Å². The molecule has 0 radical (unpaired) electrons.